The normalized spacial score (nSPS) is 19.6. The maximum absolute atomic E-state index is 13.1. The summed E-state index contributed by atoms with van der Waals surface area (Å²) in [7, 11) is -3.11. The fourth-order valence-electron chi connectivity index (χ4n) is 3.27. The minimum atomic E-state index is -3.11. The van der Waals surface area contributed by atoms with E-state index in [1.807, 2.05) is 24.3 Å². The van der Waals surface area contributed by atoms with E-state index in [1.54, 1.807) is 30.2 Å². The summed E-state index contributed by atoms with van der Waals surface area (Å²) >= 11 is 0. The van der Waals surface area contributed by atoms with Gasteiger partial charge in [0.15, 0.2) is 15.9 Å². The molecular formula is C20H25NO5S. The van der Waals surface area contributed by atoms with Crippen LogP contribution in [-0.4, -0.2) is 42.9 Å². The lowest BCUT2D eigenvalue weighted by Crippen LogP contribution is -2.46. The van der Waals surface area contributed by atoms with Crippen LogP contribution in [-0.2, 0) is 27.6 Å². The van der Waals surface area contributed by atoms with E-state index in [4.69, 9.17) is 9.15 Å². The Hall–Kier alpha value is -2.28. The van der Waals surface area contributed by atoms with Gasteiger partial charge in [-0.15, -0.1) is 0 Å². The summed E-state index contributed by atoms with van der Waals surface area (Å²) in [4.78, 5) is 14.6. The number of aryl methyl sites for hydroxylation is 1. The van der Waals surface area contributed by atoms with Gasteiger partial charge in [-0.2, -0.15) is 0 Å². The van der Waals surface area contributed by atoms with Crippen LogP contribution in [0.3, 0.4) is 0 Å². The van der Waals surface area contributed by atoms with Gasteiger partial charge in [0.1, 0.15) is 11.5 Å². The maximum atomic E-state index is 13.1. The van der Waals surface area contributed by atoms with Gasteiger partial charge < -0.3 is 14.1 Å². The molecular weight excluding hydrogens is 366 g/mol. The Morgan fingerprint density at radius 3 is 2.59 bits per heavy atom. The summed E-state index contributed by atoms with van der Waals surface area (Å²) in [6, 6.07) is 10.8. The predicted octanol–water partition coefficient (Wildman–Crippen LogP) is 2.83. The first-order valence-electron chi connectivity index (χ1n) is 9.17. The van der Waals surface area contributed by atoms with Gasteiger partial charge in [-0.05, 0) is 49.6 Å². The highest BCUT2D eigenvalue weighted by Gasteiger charge is 2.37. The van der Waals surface area contributed by atoms with Crippen LogP contribution in [0.15, 0.2) is 47.1 Å². The standard InChI is InChI=1S/C20H25NO5S/c1-3-16-6-8-18(9-7-16)26-15(2)20(22)21(13-19-5-4-11-25-19)17-10-12-27(23,24)14-17/h4-9,11,15,17H,3,10,12-14H2,1-2H3/t15-,17-/m1/s1. The van der Waals surface area contributed by atoms with Crippen LogP contribution in [0.4, 0.5) is 0 Å². The van der Waals surface area contributed by atoms with Gasteiger partial charge in [0, 0.05) is 6.04 Å². The van der Waals surface area contributed by atoms with Gasteiger partial charge in [-0.1, -0.05) is 19.1 Å². The van der Waals surface area contributed by atoms with Crippen molar-refractivity contribution in [3.63, 3.8) is 0 Å². The van der Waals surface area contributed by atoms with Crippen molar-refractivity contribution in [3.8, 4) is 5.75 Å². The van der Waals surface area contributed by atoms with Gasteiger partial charge in [0.25, 0.3) is 5.91 Å². The number of amides is 1. The Bertz CT molecular complexity index is 858. The highest BCUT2D eigenvalue weighted by molar-refractivity contribution is 7.91. The van der Waals surface area contributed by atoms with Crippen molar-refractivity contribution >= 4 is 15.7 Å². The second-order valence-corrected chi connectivity index (χ2v) is 9.09. The second kappa shape index (κ2) is 8.17. The quantitative estimate of drug-likeness (QED) is 0.725. The maximum Gasteiger partial charge on any atom is 0.264 e. The second-order valence-electron chi connectivity index (χ2n) is 6.86. The average Bonchev–Trinajstić information content (AvgIpc) is 3.28. The summed E-state index contributed by atoms with van der Waals surface area (Å²) in [6.07, 6.45) is 2.18. The Morgan fingerprint density at radius 1 is 1.30 bits per heavy atom. The molecule has 6 nitrogen and oxygen atoms in total. The lowest BCUT2D eigenvalue weighted by molar-refractivity contribution is -0.140. The zero-order valence-electron chi connectivity index (χ0n) is 15.6. The van der Waals surface area contributed by atoms with E-state index >= 15 is 0 Å². The fraction of sp³-hybridized carbons (Fsp3) is 0.450. The van der Waals surface area contributed by atoms with Crippen LogP contribution < -0.4 is 4.74 Å². The molecule has 0 unspecified atom stereocenters. The first-order valence-corrected chi connectivity index (χ1v) is 11.0. The van der Waals surface area contributed by atoms with Crippen LogP contribution in [0.1, 0.15) is 31.6 Å². The van der Waals surface area contributed by atoms with Crippen molar-refractivity contribution < 1.29 is 22.4 Å². The van der Waals surface area contributed by atoms with E-state index in [2.05, 4.69) is 6.92 Å². The molecule has 1 aliphatic heterocycles. The smallest absolute Gasteiger partial charge is 0.264 e. The summed E-state index contributed by atoms with van der Waals surface area (Å²) in [5.41, 5.74) is 1.19. The monoisotopic (exact) mass is 391 g/mol. The molecule has 146 valence electrons. The number of hydrogen-bond donors (Lipinski definition) is 0. The highest BCUT2D eigenvalue weighted by atomic mass is 32.2. The number of furan rings is 1. The Morgan fingerprint density at radius 2 is 2.04 bits per heavy atom. The van der Waals surface area contributed by atoms with Crippen molar-refractivity contribution in [1.29, 1.82) is 0 Å². The van der Waals surface area contributed by atoms with E-state index in [9.17, 15) is 13.2 Å². The molecule has 0 radical (unpaired) electrons. The molecule has 1 fully saturated rings. The largest absolute Gasteiger partial charge is 0.481 e. The molecule has 3 rings (SSSR count). The van der Waals surface area contributed by atoms with Crippen molar-refractivity contribution in [1.82, 2.24) is 4.90 Å². The molecule has 1 amide bonds. The molecule has 2 aromatic rings. The third-order valence-electron chi connectivity index (χ3n) is 4.83. The van der Waals surface area contributed by atoms with Gasteiger partial charge in [-0.3, -0.25) is 4.79 Å². The van der Waals surface area contributed by atoms with Gasteiger partial charge in [-0.25, -0.2) is 8.42 Å². The third kappa shape index (κ3) is 4.91. The number of sulfone groups is 1. The van der Waals surface area contributed by atoms with Crippen LogP contribution in [0.5, 0.6) is 5.75 Å². The highest BCUT2D eigenvalue weighted by Crippen LogP contribution is 2.23. The van der Waals surface area contributed by atoms with E-state index in [0.717, 1.165) is 6.42 Å². The lowest BCUT2D eigenvalue weighted by atomic mass is 10.1. The first-order chi connectivity index (χ1) is 12.9. The molecule has 1 aromatic heterocycles. The van der Waals surface area contributed by atoms with Gasteiger partial charge in [0.2, 0.25) is 0 Å². The molecule has 0 bridgehead atoms. The van der Waals surface area contributed by atoms with Gasteiger partial charge in [0.05, 0.1) is 24.3 Å². The first kappa shape index (κ1) is 19.5. The Kier molecular flexibility index (Phi) is 5.89. The minimum absolute atomic E-state index is 0.0165. The van der Waals surface area contributed by atoms with E-state index in [-0.39, 0.29) is 30.0 Å². The lowest BCUT2D eigenvalue weighted by Gasteiger charge is -2.30. The van der Waals surface area contributed by atoms with Crippen molar-refractivity contribution in [2.75, 3.05) is 11.5 Å². The molecule has 0 saturated carbocycles. The molecule has 2 heterocycles. The molecule has 1 saturated heterocycles. The van der Waals surface area contributed by atoms with Gasteiger partial charge >= 0.3 is 0 Å². The summed E-state index contributed by atoms with van der Waals surface area (Å²) in [5, 5.41) is 0. The third-order valence-corrected chi connectivity index (χ3v) is 6.58. The van der Waals surface area contributed by atoms with E-state index in [0.29, 0.717) is 17.9 Å². The van der Waals surface area contributed by atoms with Crippen LogP contribution >= 0.6 is 0 Å². The molecule has 1 aromatic carbocycles. The van der Waals surface area contributed by atoms with Crippen LogP contribution in [0, 0.1) is 0 Å². The zero-order chi connectivity index (χ0) is 19.4. The average molecular weight is 391 g/mol. The topological polar surface area (TPSA) is 76.8 Å². The summed E-state index contributed by atoms with van der Waals surface area (Å²) in [5.74, 6) is 1.08. The Labute approximate surface area is 160 Å². The fourth-order valence-corrected chi connectivity index (χ4v) is 5.00. The number of benzene rings is 1. The molecule has 0 N–H and O–H groups in total. The molecule has 27 heavy (non-hydrogen) atoms. The SMILES string of the molecule is CCc1ccc(O[C@H](C)C(=O)N(Cc2ccco2)[C@@H]2CCS(=O)(=O)C2)cc1. The number of hydrogen-bond acceptors (Lipinski definition) is 5. The van der Waals surface area contributed by atoms with Crippen molar-refractivity contribution in [3.05, 3.63) is 54.0 Å². The molecule has 7 heteroatoms. The van der Waals surface area contributed by atoms with E-state index < -0.39 is 15.9 Å². The molecule has 0 aliphatic carbocycles. The number of rotatable bonds is 7. The van der Waals surface area contributed by atoms with Crippen molar-refractivity contribution in [2.24, 2.45) is 0 Å². The molecule has 0 spiro atoms. The number of carbonyl (C=O) groups is 1. The number of carbonyl (C=O) groups excluding carboxylic acids is 1. The number of nitrogens with zero attached hydrogens (tertiary/aromatic N) is 1. The molecule has 1 aliphatic rings. The summed E-state index contributed by atoms with van der Waals surface area (Å²) < 4.78 is 35.0. The summed E-state index contributed by atoms with van der Waals surface area (Å²) in [6.45, 7) is 3.99. The molecule has 2 atom stereocenters. The van der Waals surface area contributed by atoms with Crippen LogP contribution in [0.25, 0.3) is 0 Å². The van der Waals surface area contributed by atoms with Crippen molar-refractivity contribution in [2.45, 2.75) is 45.4 Å². The number of ether oxygens (including phenoxy) is 1. The predicted molar refractivity (Wildman–Crippen MR) is 102 cm³/mol. The minimum Gasteiger partial charge on any atom is -0.481 e. The van der Waals surface area contributed by atoms with E-state index in [1.165, 1.54) is 5.56 Å². The Balaban J connectivity index is 1.74. The van der Waals surface area contributed by atoms with Crippen LogP contribution in [0.2, 0.25) is 0 Å². The zero-order valence-corrected chi connectivity index (χ0v) is 16.4.